The maximum atomic E-state index is 12.1. The molecule has 0 aromatic carbocycles. The van der Waals surface area contributed by atoms with Gasteiger partial charge in [0.05, 0.1) is 6.61 Å². The van der Waals surface area contributed by atoms with Crippen molar-refractivity contribution in [1.82, 2.24) is 0 Å². The van der Waals surface area contributed by atoms with E-state index in [9.17, 15) is 14.7 Å². The summed E-state index contributed by atoms with van der Waals surface area (Å²) in [6.45, 7) is 4.03. The second kappa shape index (κ2) is 32.6. The van der Waals surface area contributed by atoms with Crippen LogP contribution < -0.4 is 0 Å². The van der Waals surface area contributed by atoms with Gasteiger partial charge in [0.2, 0.25) is 0 Å². The van der Waals surface area contributed by atoms with Crippen LogP contribution in [0.1, 0.15) is 162 Å². The number of hydrogen-bond acceptors (Lipinski definition) is 5. The SMILES string of the molecule is CCCCCCC/C=C\C/C=C\C/C=C\CCCCCCCCC(=O)OC(CO)COC(=O)CCCCCCCC. The highest BCUT2D eigenvalue weighted by Crippen LogP contribution is 2.11. The maximum Gasteiger partial charge on any atom is 0.306 e. The van der Waals surface area contributed by atoms with Crippen LogP contribution in [0.15, 0.2) is 36.5 Å². The molecule has 0 radical (unpaired) electrons. The van der Waals surface area contributed by atoms with E-state index in [4.69, 9.17) is 9.47 Å². The number of allylic oxidation sites excluding steroid dienone is 6. The molecule has 238 valence electrons. The number of carbonyl (C=O) groups excluding carboxylic acids is 2. The molecule has 0 fully saturated rings. The molecule has 5 heteroatoms. The smallest absolute Gasteiger partial charge is 0.306 e. The fourth-order valence-electron chi connectivity index (χ4n) is 4.56. The van der Waals surface area contributed by atoms with Gasteiger partial charge in [-0.2, -0.15) is 0 Å². The molecule has 0 saturated heterocycles. The third-order valence-electron chi connectivity index (χ3n) is 7.19. The van der Waals surface area contributed by atoms with Gasteiger partial charge in [-0.05, 0) is 51.4 Å². The minimum Gasteiger partial charge on any atom is -0.462 e. The summed E-state index contributed by atoms with van der Waals surface area (Å²) in [5, 5.41) is 9.45. The van der Waals surface area contributed by atoms with Crippen LogP contribution in [-0.4, -0.2) is 36.4 Å². The van der Waals surface area contributed by atoms with E-state index in [2.05, 4.69) is 50.3 Å². The van der Waals surface area contributed by atoms with Crippen molar-refractivity contribution in [3.8, 4) is 0 Å². The van der Waals surface area contributed by atoms with E-state index in [0.717, 1.165) is 57.8 Å². The number of rotatable bonds is 30. The van der Waals surface area contributed by atoms with Gasteiger partial charge in [-0.15, -0.1) is 0 Å². The van der Waals surface area contributed by atoms with Crippen molar-refractivity contribution in [1.29, 1.82) is 0 Å². The highest BCUT2D eigenvalue weighted by Gasteiger charge is 2.16. The Balaban J connectivity index is 3.58. The Hall–Kier alpha value is -1.88. The lowest BCUT2D eigenvalue weighted by Crippen LogP contribution is -2.28. The molecule has 0 amide bonds. The van der Waals surface area contributed by atoms with Crippen molar-refractivity contribution in [2.24, 2.45) is 0 Å². The van der Waals surface area contributed by atoms with Gasteiger partial charge in [0.1, 0.15) is 6.61 Å². The molecular weight excluding hydrogens is 512 g/mol. The van der Waals surface area contributed by atoms with Gasteiger partial charge in [0.25, 0.3) is 0 Å². The normalized spacial score (nSPS) is 12.6. The zero-order chi connectivity index (χ0) is 30.1. The Labute approximate surface area is 253 Å². The van der Waals surface area contributed by atoms with Crippen LogP contribution in [0.3, 0.4) is 0 Å². The minimum atomic E-state index is -0.772. The number of aliphatic hydroxyl groups excluding tert-OH is 1. The summed E-state index contributed by atoms with van der Waals surface area (Å²) >= 11 is 0. The number of ether oxygens (including phenoxy) is 2. The van der Waals surface area contributed by atoms with Gasteiger partial charge in [-0.25, -0.2) is 0 Å². The zero-order valence-corrected chi connectivity index (χ0v) is 26.8. The van der Waals surface area contributed by atoms with E-state index < -0.39 is 6.10 Å². The van der Waals surface area contributed by atoms with Crippen LogP contribution in [0.5, 0.6) is 0 Å². The second-order valence-corrected chi connectivity index (χ2v) is 11.2. The van der Waals surface area contributed by atoms with Crippen molar-refractivity contribution < 1.29 is 24.2 Å². The summed E-state index contributed by atoms with van der Waals surface area (Å²) in [6.07, 6.45) is 37.9. The summed E-state index contributed by atoms with van der Waals surface area (Å²) in [7, 11) is 0. The van der Waals surface area contributed by atoms with Gasteiger partial charge in [0.15, 0.2) is 6.10 Å². The first-order valence-electron chi connectivity index (χ1n) is 17.0. The van der Waals surface area contributed by atoms with E-state index in [1.807, 2.05) is 0 Å². The van der Waals surface area contributed by atoms with Crippen molar-refractivity contribution in [3.05, 3.63) is 36.5 Å². The van der Waals surface area contributed by atoms with Gasteiger partial charge in [-0.3, -0.25) is 9.59 Å². The minimum absolute atomic E-state index is 0.0711. The molecule has 0 heterocycles. The van der Waals surface area contributed by atoms with E-state index >= 15 is 0 Å². The predicted molar refractivity (Wildman–Crippen MR) is 173 cm³/mol. The van der Waals surface area contributed by atoms with Crippen LogP contribution in [0.4, 0.5) is 0 Å². The molecule has 0 aromatic heterocycles. The van der Waals surface area contributed by atoms with Gasteiger partial charge < -0.3 is 14.6 Å². The van der Waals surface area contributed by atoms with Crippen LogP contribution in [0, 0.1) is 0 Å². The Bertz CT molecular complexity index is 667. The molecule has 0 aliphatic rings. The van der Waals surface area contributed by atoms with E-state index in [1.54, 1.807) is 0 Å². The summed E-state index contributed by atoms with van der Waals surface area (Å²) < 4.78 is 10.5. The quantitative estimate of drug-likeness (QED) is 0.0523. The number of unbranched alkanes of at least 4 members (excludes halogenated alkanes) is 16. The predicted octanol–water partition coefficient (Wildman–Crippen LogP) is 10.1. The van der Waals surface area contributed by atoms with E-state index in [1.165, 1.54) is 77.0 Å². The number of carbonyl (C=O) groups is 2. The topological polar surface area (TPSA) is 72.8 Å². The fraction of sp³-hybridized carbons (Fsp3) is 0.778. The highest BCUT2D eigenvalue weighted by atomic mass is 16.6. The van der Waals surface area contributed by atoms with Gasteiger partial charge in [-0.1, -0.05) is 134 Å². The molecule has 0 aliphatic carbocycles. The van der Waals surface area contributed by atoms with Crippen LogP contribution in [0.2, 0.25) is 0 Å². The maximum absolute atomic E-state index is 12.1. The standard InChI is InChI=1S/C36H64O5/c1-3-5-7-9-11-12-13-14-15-16-17-18-19-20-21-22-23-24-25-27-29-31-36(39)41-34(32-37)33-40-35(38)30-28-26-10-8-6-4-2/h13-14,16-17,19-20,34,37H,3-12,15,18,21-33H2,1-2H3/b14-13-,17-16-,20-19-. The Morgan fingerprint density at radius 1 is 0.561 bits per heavy atom. The molecule has 0 aromatic rings. The fourth-order valence-corrected chi connectivity index (χ4v) is 4.56. The molecule has 0 saturated carbocycles. The van der Waals surface area contributed by atoms with Gasteiger partial charge >= 0.3 is 11.9 Å². The Morgan fingerprint density at radius 2 is 0.976 bits per heavy atom. The van der Waals surface area contributed by atoms with Crippen molar-refractivity contribution in [2.75, 3.05) is 13.2 Å². The average molecular weight is 577 g/mol. The first-order chi connectivity index (χ1) is 20.1. The monoisotopic (exact) mass is 576 g/mol. The lowest BCUT2D eigenvalue weighted by Gasteiger charge is -2.15. The molecule has 0 aliphatic heterocycles. The molecule has 41 heavy (non-hydrogen) atoms. The third kappa shape index (κ3) is 30.9. The summed E-state index contributed by atoms with van der Waals surface area (Å²) in [4.78, 5) is 23.9. The van der Waals surface area contributed by atoms with Crippen LogP contribution in [0.25, 0.3) is 0 Å². The molecule has 0 rings (SSSR count). The highest BCUT2D eigenvalue weighted by molar-refractivity contribution is 5.70. The lowest BCUT2D eigenvalue weighted by atomic mass is 10.1. The van der Waals surface area contributed by atoms with E-state index in [0.29, 0.717) is 12.8 Å². The third-order valence-corrected chi connectivity index (χ3v) is 7.19. The Morgan fingerprint density at radius 3 is 1.46 bits per heavy atom. The number of esters is 2. The first kappa shape index (κ1) is 39.1. The summed E-state index contributed by atoms with van der Waals surface area (Å²) in [6, 6.07) is 0. The molecule has 1 unspecified atom stereocenters. The molecular formula is C36H64O5. The van der Waals surface area contributed by atoms with Crippen molar-refractivity contribution in [3.63, 3.8) is 0 Å². The van der Waals surface area contributed by atoms with Crippen LogP contribution >= 0.6 is 0 Å². The molecule has 5 nitrogen and oxygen atoms in total. The van der Waals surface area contributed by atoms with Crippen molar-refractivity contribution in [2.45, 2.75) is 168 Å². The lowest BCUT2D eigenvalue weighted by molar-refractivity contribution is -0.161. The first-order valence-corrected chi connectivity index (χ1v) is 17.0. The average Bonchev–Trinajstić information content (AvgIpc) is 2.97. The van der Waals surface area contributed by atoms with Gasteiger partial charge in [0, 0.05) is 12.8 Å². The Kier molecular flexibility index (Phi) is 31.1. The number of hydrogen-bond donors (Lipinski definition) is 1. The number of aliphatic hydroxyl groups is 1. The summed E-state index contributed by atoms with van der Waals surface area (Å²) in [5.41, 5.74) is 0. The largest absolute Gasteiger partial charge is 0.462 e. The molecule has 1 atom stereocenters. The second-order valence-electron chi connectivity index (χ2n) is 11.2. The molecule has 0 bridgehead atoms. The summed E-state index contributed by atoms with van der Waals surface area (Å²) in [5.74, 6) is -0.617. The van der Waals surface area contributed by atoms with Crippen LogP contribution in [-0.2, 0) is 19.1 Å². The van der Waals surface area contributed by atoms with E-state index in [-0.39, 0.29) is 25.2 Å². The zero-order valence-electron chi connectivity index (χ0n) is 26.8. The molecule has 0 spiro atoms. The molecule has 1 N–H and O–H groups in total. The van der Waals surface area contributed by atoms with Crippen molar-refractivity contribution >= 4 is 11.9 Å².